The molecular formula is C15H27NO2. The highest BCUT2D eigenvalue weighted by molar-refractivity contribution is 5.81. The number of ketones is 1. The highest BCUT2D eigenvalue weighted by Crippen LogP contribution is 2.44. The van der Waals surface area contributed by atoms with Gasteiger partial charge in [0.25, 0.3) is 0 Å². The average molecular weight is 253 g/mol. The first-order valence-corrected chi connectivity index (χ1v) is 7.25. The Morgan fingerprint density at radius 3 is 2.61 bits per heavy atom. The monoisotopic (exact) mass is 253 g/mol. The molecule has 0 radical (unpaired) electrons. The zero-order valence-corrected chi connectivity index (χ0v) is 12.0. The molecule has 2 atom stereocenters. The molecule has 2 rings (SSSR count). The van der Waals surface area contributed by atoms with Crippen molar-refractivity contribution >= 4 is 5.78 Å². The van der Waals surface area contributed by atoms with E-state index in [2.05, 4.69) is 20.8 Å². The lowest BCUT2D eigenvalue weighted by atomic mass is 9.70. The number of nitrogens with two attached hydrogens (primary N) is 1. The van der Waals surface area contributed by atoms with Gasteiger partial charge in [-0.15, -0.1) is 0 Å². The van der Waals surface area contributed by atoms with Crippen molar-refractivity contribution in [3.05, 3.63) is 0 Å². The Morgan fingerprint density at radius 2 is 2.11 bits per heavy atom. The molecule has 2 fully saturated rings. The summed E-state index contributed by atoms with van der Waals surface area (Å²) in [5.41, 5.74) is 6.19. The smallest absolute Gasteiger partial charge is 0.137 e. The second-order valence-electron chi connectivity index (χ2n) is 7.22. The molecule has 18 heavy (non-hydrogen) atoms. The van der Waals surface area contributed by atoms with Crippen molar-refractivity contribution in [2.75, 3.05) is 6.61 Å². The SMILES string of the molecule is CC(C)(C)C(N)CC(=O)C1CCOC2(CCC2)C1. The highest BCUT2D eigenvalue weighted by atomic mass is 16.5. The van der Waals surface area contributed by atoms with Gasteiger partial charge in [0.05, 0.1) is 5.60 Å². The number of carbonyl (C=O) groups is 1. The Morgan fingerprint density at radius 1 is 1.44 bits per heavy atom. The van der Waals surface area contributed by atoms with Crippen LogP contribution in [0, 0.1) is 11.3 Å². The van der Waals surface area contributed by atoms with Gasteiger partial charge in [-0.3, -0.25) is 4.79 Å². The summed E-state index contributed by atoms with van der Waals surface area (Å²) in [5, 5.41) is 0. The van der Waals surface area contributed by atoms with Gasteiger partial charge in [0.15, 0.2) is 0 Å². The fraction of sp³-hybridized carbons (Fsp3) is 0.933. The van der Waals surface area contributed by atoms with Crippen LogP contribution in [0.15, 0.2) is 0 Å². The van der Waals surface area contributed by atoms with E-state index in [1.165, 1.54) is 6.42 Å². The van der Waals surface area contributed by atoms with Crippen LogP contribution >= 0.6 is 0 Å². The molecule has 1 saturated carbocycles. The number of hydrogen-bond donors (Lipinski definition) is 1. The molecule has 1 saturated heterocycles. The number of carbonyl (C=O) groups excluding carboxylic acids is 1. The zero-order valence-electron chi connectivity index (χ0n) is 12.0. The summed E-state index contributed by atoms with van der Waals surface area (Å²) in [7, 11) is 0. The Labute approximate surface area is 110 Å². The Balaban J connectivity index is 1.89. The van der Waals surface area contributed by atoms with Gasteiger partial charge in [0, 0.05) is 25.0 Å². The van der Waals surface area contributed by atoms with E-state index in [0.29, 0.717) is 12.2 Å². The third-order valence-corrected chi connectivity index (χ3v) is 4.75. The van der Waals surface area contributed by atoms with Gasteiger partial charge >= 0.3 is 0 Å². The number of hydrogen-bond acceptors (Lipinski definition) is 3. The van der Waals surface area contributed by atoms with E-state index >= 15 is 0 Å². The highest BCUT2D eigenvalue weighted by Gasteiger charge is 2.44. The van der Waals surface area contributed by atoms with Crippen molar-refractivity contribution in [3.8, 4) is 0 Å². The zero-order chi connectivity index (χ0) is 13.4. The second kappa shape index (κ2) is 4.93. The number of rotatable bonds is 3. The van der Waals surface area contributed by atoms with Crippen molar-refractivity contribution in [2.45, 2.75) is 70.9 Å². The van der Waals surface area contributed by atoms with Crippen LogP contribution < -0.4 is 5.73 Å². The van der Waals surface area contributed by atoms with E-state index in [0.717, 1.165) is 32.3 Å². The molecule has 0 bridgehead atoms. The largest absolute Gasteiger partial charge is 0.375 e. The molecule has 1 heterocycles. The van der Waals surface area contributed by atoms with Crippen molar-refractivity contribution < 1.29 is 9.53 Å². The molecule has 2 aliphatic rings. The van der Waals surface area contributed by atoms with Crippen LogP contribution in [-0.4, -0.2) is 24.0 Å². The lowest BCUT2D eigenvalue weighted by molar-refractivity contribution is -0.156. The number of Topliss-reactive ketones (excluding diaryl/α,β-unsaturated/α-hetero) is 1. The van der Waals surface area contributed by atoms with Crippen LogP contribution in [0.4, 0.5) is 0 Å². The maximum absolute atomic E-state index is 12.3. The molecule has 1 aliphatic carbocycles. The Bertz CT molecular complexity index is 315. The third kappa shape index (κ3) is 2.94. The van der Waals surface area contributed by atoms with E-state index in [1.807, 2.05) is 0 Å². The molecule has 0 amide bonds. The summed E-state index contributed by atoms with van der Waals surface area (Å²) in [5.74, 6) is 0.541. The summed E-state index contributed by atoms with van der Waals surface area (Å²) in [6.45, 7) is 7.05. The Kier molecular flexibility index (Phi) is 3.84. The van der Waals surface area contributed by atoms with Crippen molar-refractivity contribution in [3.63, 3.8) is 0 Å². The fourth-order valence-electron chi connectivity index (χ4n) is 2.91. The molecule has 2 N–H and O–H groups in total. The topological polar surface area (TPSA) is 52.3 Å². The van der Waals surface area contributed by atoms with E-state index in [9.17, 15) is 4.79 Å². The summed E-state index contributed by atoms with van der Waals surface area (Å²) in [6, 6.07) is -0.0369. The van der Waals surface area contributed by atoms with Crippen LogP contribution in [0.1, 0.15) is 59.3 Å². The lowest BCUT2D eigenvalue weighted by Gasteiger charge is -2.47. The van der Waals surface area contributed by atoms with Crippen LogP contribution in [-0.2, 0) is 9.53 Å². The van der Waals surface area contributed by atoms with Crippen molar-refractivity contribution in [2.24, 2.45) is 17.1 Å². The van der Waals surface area contributed by atoms with Gasteiger partial charge in [-0.1, -0.05) is 20.8 Å². The lowest BCUT2D eigenvalue weighted by Crippen LogP contribution is -2.48. The van der Waals surface area contributed by atoms with Crippen molar-refractivity contribution in [1.82, 2.24) is 0 Å². The minimum Gasteiger partial charge on any atom is -0.375 e. The summed E-state index contributed by atoms with van der Waals surface area (Å²) < 4.78 is 5.87. The molecule has 0 aromatic rings. The maximum Gasteiger partial charge on any atom is 0.137 e. The molecule has 0 aromatic heterocycles. The molecular weight excluding hydrogens is 226 g/mol. The fourth-order valence-corrected chi connectivity index (χ4v) is 2.91. The third-order valence-electron chi connectivity index (χ3n) is 4.75. The first kappa shape index (κ1) is 14.0. The van der Waals surface area contributed by atoms with Gasteiger partial charge in [0.1, 0.15) is 5.78 Å². The van der Waals surface area contributed by atoms with E-state index in [4.69, 9.17) is 10.5 Å². The van der Waals surface area contributed by atoms with E-state index < -0.39 is 0 Å². The first-order valence-electron chi connectivity index (χ1n) is 7.25. The molecule has 0 aromatic carbocycles. The van der Waals surface area contributed by atoms with Gasteiger partial charge in [-0.25, -0.2) is 0 Å². The molecule has 3 nitrogen and oxygen atoms in total. The minimum atomic E-state index is -0.0369. The molecule has 104 valence electrons. The summed E-state index contributed by atoms with van der Waals surface area (Å²) in [4.78, 5) is 12.3. The summed E-state index contributed by atoms with van der Waals surface area (Å²) >= 11 is 0. The second-order valence-corrected chi connectivity index (χ2v) is 7.22. The van der Waals surface area contributed by atoms with Gasteiger partial charge in [-0.2, -0.15) is 0 Å². The molecule has 2 unspecified atom stereocenters. The van der Waals surface area contributed by atoms with E-state index in [1.54, 1.807) is 0 Å². The standard InChI is InChI=1S/C15H27NO2/c1-14(2,3)13(16)9-12(17)11-5-8-18-15(10-11)6-4-7-15/h11,13H,4-10,16H2,1-3H3. The van der Waals surface area contributed by atoms with Gasteiger partial charge in [-0.05, 0) is 37.5 Å². The maximum atomic E-state index is 12.3. The van der Waals surface area contributed by atoms with Gasteiger partial charge in [0.2, 0.25) is 0 Å². The van der Waals surface area contributed by atoms with E-state index in [-0.39, 0.29) is 23.0 Å². The number of ether oxygens (including phenoxy) is 1. The van der Waals surface area contributed by atoms with Crippen LogP contribution in [0.2, 0.25) is 0 Å². The molecule has 1 spiro atoms. The summed E-state index contributed by atoms with van der Waals surface area (Å²) in [6.07, 6.45) is 5.87. The molecule has 3 heteroatoms. The normalized spacial score (nSPS) is 28.8. The Hall–Kier alpha value is -0.410. The van der Waals surface area contributed by atoms with Gasteiger partial charge < -0.3 is 10.5 Å². The first-order chi connectivity index (χ1) is 8.32. The van der Waals surface area contributed by atoms with Crippen LogP contribution in [0.3, 0.4) is 0 Å². The molecule has 1 aliphatic heterocycles. The average Bonchev–Trinajstić information content (AvgIpc) is 2.25. The minimum absolute atomic E-state index is 0.00891. The van der Waals surface area contributed by atoms with Crippen LogP contribution in [0.5, 0.6) is 0 Å². The van der Waals surface area contributed by atoms with Crippen molar-refractivity contribution in [1.29, 1.82) is 0 Å². The van der Waals surface area contributed by atoms with Crippen LogP contribution in [0.25, 0.3) is 0 Å². The quantitative estimate of drug-likeness (QED) is 0.841. The predicted octanol–water partition coefficient (Wildman–Crippen LogP) is 2.67. The predicted molar refractivity (Wildman–Crippen MR) is 72.3 cm³/mol.